The minimum Gasteiger partial charge on any atom is -0.466 e. The van der Waals surface area contributed by atoms with Crippen molar-refractivity contribution in [2.45, 2.75) is 69.7 Å². The highest BCUT2D eigenvalue weighted by molar-refractivity contribution is 8.00. The molecule has 4 heterocycles. The molecule has 2 aromatic rings. The zero-order valence-corrected chi connectivity index (χ0v) is 18.2. The molecule has 30 heavy (non-hydrogen) atoms. The number of urea groups is 1. The maximum Gasteiger partial charge on any atom is 0.315 e. The molecule has 0 radical (unpaired) electrons. The highest BCUT2D eigenvalue weighted by Crippen LogP contribution is 2.33. The highest BCUT2D eigenvalue weighted by Gasteiger charge is 2.42. The zero-order valence-electron chi connectivity index (χ0n) is 17.4. The van der Waals surface area contributed by atoms with Gasteiger partial charge in [0, 0.05) is 35.2 Å². The SMILES string of the molecule is Cc1cc(C)n2nc(CCCOC(=O)CCCCC3SCC4NC(=O)NC43)nc2n1. The van der Waals surface area contributed by atoms with Gasteiger partial charge < -0.3 is 15.4 Å². The molecular weight excluding hydrogens is 404 g/mol. The van der Waals surface area contributed by atoms with Crippen LogP contribution in [0.15, 0.2) is 6.07 Å². The number of hydrogen-bond acceptors (Lipinski definition) is 7. The van der Waals surface area contributed by atoms with E-state index in [0.717, 1.165) is 36.4 Å². The van der Waals surface area contributed by atoms with Crippen LogP contribution in [0.5, 0.6) is 0 Å². The Kier molecular flexibility index (Phi) is 6.40. The third-order valence-corrected chi connectivity index (χ3v) is 7.04. The molecule has 3 unspecified atom stereocenters. The topological polar surface area (TPSA) is 111 Å². The number of carbonyl (C=O) groups excluding carboxylic acids is 2. The predicted molar refractivity (Wildman–Crippen MR) is 113 cm³/mol. The van der Waals surface area contributed by atoms with Crippen LogP contribution in [0.3, 0.4) is 0 Å². The van der Waals surface area contributed by atoms with E-state index < -0.39 is 0 Å². The number of nitrogens with one attached hydrogen (secondary N) is 2. The molecule has 4 rings (SSSR count). The van der Waals surface area contributed by atoms with Gasteiger partial charge in [0.05, 0.1) is 18.7 Å². The molecule has 162 valence electrons. The molecule has 0 aromatic carbocycles. The van der Waals surface area contributed by atoms with Crippen LogP contribution in [-0.4, -0.2) is 61.3 Å². The van der Waals surface area contributed by atoms with Crippen LogP contribution in [-0.2, 0) is 16.0 Å². The van der Waals surface area contributed by atoms with Crippen molar-refractivity contribution in [3.63, 3.8) is 0 Å². The molecule has 10 heteroatoms. The van der Waals surface area contributed by atoms with Crippen LogP contribution >= 0.6 is 11.8 Å². The van der Waals surface area contributed by atoms with Crippen LogP contribution < -0.4 is 10.6 Å². The standard InChI is InChI=1S/C20H28N6O3S/c1-12-10-13(2)26-19(21-12)23-16(25-26)7-5-9-29-17(27)8-4-3-6-15-18-14(11-30-15)22-20(28)24-18/h10,14-15,18H,3-9,11H2,1-2H3,(H2,22,24,28). The van der Waals surface area contributed by atoms with E-state index >= 15 is 0 Å². The van der Waals surface area contributed by atoms with Gasteiger partial charge in [0.1, 0.15) is 0 Å². The number of aromatic nitrogens is 4. The highest BCUT2D eigenvalue weighted by atomic mass is 32.2. The van der Waals surface area contributed by atoms with E-state index in [9.17, 15) is 9.59 Å². The number of aryl methyl sites for hydroxylation is 3. The van der Waals surface area contributed by atoms with Gasteiger partial charge in [0.15, 0.2) is 5.82 Å². The summed E-state index contributed by atoms with van der Waals surface area (Å²) in [5, 5.41) is 10.8. The van der Waals surface area contributed by atoms with E-state index in [2.05, 4.69) is 25.7 Å². The number of esters is 1. The lowest BCUT2D eigenvalue weighted by Crippen LogP contribution is -2.36. The van der Waals surface area contributed by atoms with Crippen molar-refractivity contribution in [1.29, 1.82) is 0 Å². The summed E-state index contributed by atoms with van der Waals surface area (Å²) in [6.45, 7) is 4.29. The molecule has 2 N–H and O–H groups in total. The molecule has 2 saturated heterocycles. The zero-order chi connectivity index (χ0) is 21.1. The summed E-state index contributed by atoms with van der Waals surface area (Å²) in [5.41, 5.74) is 1.92. The molecule has 2 aliphatic rings. The summed E-state index contributed by atoms with van der Waals surface area (Å²) in [5.74, 6) is 2.14. The maximum absolute atomic E-state index is 12.0. The fraction of sp³-hybridized carbons (Fsp3) is 0.650. The van der Waals surface area contributed by atoms with E-state index in [1.807, 2.05) is 31.7 Å². The van der Waals surface area contributed by atoms with E-state index in [-0.39, 0.29) is 24.1 Å². The molecule has 2 aromatic heterocycles. The number of fused-ring (bicyclic) bond motifs is 2. The van der Waals surface area contributed by atoms with E-state index in [0.29, 0.717) is 42.7 Å². The van der Waals surface area contributed by atoms with E-state index in [1.165, 1.54) is 0 Å². The first-order valence-corrected chi connectivity index (χ1v) is 11.6. The third-order valence-electron chi connectivity index (χ3n) is 5.53. The summed E-state index contributed by atoms with van der Waals surface area (Å²) in [7, 11) is 0. The van der Waals surface area contributed by atoms with Gasteiger partial charge in [0.2, 0.25) is 0 Å². The maximum atomic E-state index is 12.0. The summed E-state index contributed by atoms with van der Waals surface area (Å²) in [6, 6.07) is 2.39. The lowest BCUT2D eigenvalue weighted by molar-refractivity contribution is -0.143. The summed E-state index contributed by atoms with van der Waals surface area (Å²) >= 11 is 1.90. The molecule has 2 amide bonds. The second-order valence-corrected chi connectivity index (χ2v) is 9.24. The first kappa shape index (κ1) is 20.9. The van der Waals surface area contributed by atoms with Crippen molar-refractivity contribution in [2.75, 3.05) is 12.4 Å². The molecule has 2 aliphatic heterocycles. The Morgan fingerprint density at radius 1 is 1.27 bits per heavy atom. The Morgan fingerprint density at radius 2 is 2.13 bits per heavy atom. The molecule has 0 bridgehead atoms. The van der Waals surface area contributed by atoms with Gasteiger partial charge in [-0.2, -0.15) is 16.7 Å². The molecule has 2 fully saturated rings. The smallest absolute Gasteiger partial charge is 0.315 e. The van der Waals surface area contributed by atoms with Crippen LogP contribution in [0.25, 0.3) is 5.78 Å². The Hall–Kier alpha value is -2.36. The number of rotatable bonds is 9. The number of hydrogen-bond donors (Lipinski definition) is 2. The van der Waals surface area contributed by atoms with Crippen molar-refractivity contribution < 1.29 is 14.3 Å². The molecule has 9 nitrogen and oxygen atoms in total. The summed E-state index contributed by atoms with van der Waals surface area (Å²) in [6.07, 6.45) is 4.56. The number of amides is 2. The second kappa shape index (κ2) is 9.20. The Labute approximate surface area is 179 Å². The van der Waals surface area contributed by atoms with E-state index in [1.54, 1.807) is 4.52 Å². The van der Waals surface area contributed by atoms with Crippen LogP contribution in [0.1, 0.15) is 49.3 Å². The van der Waals surface area contributed by atoms with Crippen LogP contribution in [0, 0.1) is 13.8 Å². The second-order valence-electron chi connectivity index (χ2n) is 7.97. The number of nitrogens with zero attached hydrogens (tertiary/aromatic N) is 4. The van der Waals surface area contributed by atoms with Gasteiger partial charge in [-0.15, -0.1) is 5.10 Å². The number of ether oxygens (including phenoxy) is 1. The minimum absolute atomic E-state index is 0.0563. The van der Waals surface area contributed by atoms with Gasteiger partial charge in [-0.1, -0.05) is 6.42 Å². The Bertz CT molecular complexity index is 933. The van der Waals surface area contributed by atoms with Crippen molar-refractivity contribution >= 4 is 29.5 Å². The van der Waals surface area contributed by atoms with Crippen molar-refractivity contribution in [2.24, 2.45) is 0 Å². The largest absolute Gasteiger partial charge is 0.466 e. The number of thioether (sulfide) groups is 1. The van der Waals surface area contributed by atoms with E-state index in [4.69, 9.17) is 4.74 Å². The van der Waals surface area contributed by atoms with Gasteiger partial charge in [-0.25, -0.2) is 14.3 Å². The van der Waals surface area contributed by atoms with Gasteiger partial charge in [0.25, 0.3) is 5.78 Å². The molecule has 0 saturated carbocycles. The quantitative estimate of drug-likeness (QED) is 0.354. The summed E-state index contributed by atoms with van der Waals surface area (Å²) in [4.78, 5) is 32.2. The molecule has 0 spiro atoms. The fourth-order valence-electron chi connectivity index (χ4n) is 4.06. The average molecular weight is 433 g/mol. The van der Waals surface area contributed by atoms with Crippen molar-refractivity contribution in [1.82, 2.24) is 30.2 Å². The first-order valence-electron chi connectivity index (χ1n) is 10.5. The minimum atomic E-state index is -0.154. The Morgan fingerprint density at radius 3 is 3.00 bits per heavy atom. The fourth-order valence-corrected chi connectivity index (χ4v) is 5.60. The first-order chi connectivity index (χ1) is 14.5. The lowest BCUT2D eigenvalue weighted by atomic mass is 10.0. The normalized spacial score (nSPS) is 22.7. The number of unbranched alkanes of at least 4 members (excludes halogenated alkanes) is 1. The lowest BCUT2D eigenvalue weighted by Gasteiger charge is -2.16. The number of carbonyl (C=O) groups is 2. The molecular formula is C20H28N6O3S. The van der Waals surface area contributed by atoms with Gasteiger partial charge >= 0.3 is 12.0 Å². The average Bonchev–Trinajstić information content (AvgIpc) is 3.37. The van der Waals surface area contributed by atoms with Crippen molar-refractivity contribution in [3.05, 3.63) is 23.3 Å². The van der Waals surface area contributed by atoms with Crippen LogP contribution in [0.4, 0.5) is 4.79 Å². The Balaban J connectivity index is 1.10. The predicted octanol–water partition coefficient (Wildman–Crippen LogP) is 1.94. The summed E-state index contributed by atoms with van der Waals surface area (Å²) < 4.78 is 7.09. The third kappa shape index (κ3) is 4.85. The van der Waals surface area contributed by atoms with Crippen LogP contribution in [0.2, 0.25) is 0 Å². The van der Waals surface area contributed by atoms with Gasteiger partial charge in [-0.3, -0.25) is 4.79 Å². The van der Waals surface area contributed by atoms with Gasteiger partial charge in [-0.05, 0) is 39.2 Å². The molecule has 3 atom stereocenters. The molecule has 0 aliphatic carbocycles. The van der Waals surface area contributed by atoms with Crippen molar-refractivity contribution in [3.8, 4) is 0 Å². The monoisotopic (exact) mass is 432 g/mol.